The van der Waals surface area contributed by atoms with Crippen LogP contribution in [0.1, 0.15) is 0 Å². The Hall–Kier alpha value is -1.10. The summed E-state index contributed by atoms with van der Waals surface area (Å²) in [5.74, 6) is 0.697. The predicted molar refractivity (Wildman–Crippen MR) is 83.5 cm³/mol. The van der Waals surface area contributed by atoms with Gasteiger partial charge in [0.05, 0.1) is 16.7 Å². The van der Waals surface area contributed by atoms with Gasteiger partial charge >= 0.3 is 0 Å². The first kappa shape index (κ1) is 15.3. The maximum absolute atomic E-state index is 13.5. The van der Waals surface area contributed by atoms with E-state index in [1.807, 2.05) is 0 Å². The maximum atomic E-state index is 13.5. The molecule has 0 saturated carbocycles. The number of anilines is 1. The van der Waals surface area contributed by atoms with Gasteiger partial charge in [0.25, 0.3) is 0 Å². The highest BCUT2D eigenvalue weighted by Crippen LogP contribution is 2.32. The van der Waals surface area contributed by atoms with Gasteiger partial charge in [0.1, 0.15) is 5.82 Å². The highest BCUT2D eigenvalue weighted by Gasteiger charge is 2.07. The van der Waals surface area contributed by atoms with Crippen LogP contribution in [0.2, 0.25) is 10.0 Å². The molecule has 0 amide bonds. The minimum absolute atomic E-state index is 0.328. The fourth-order valence-corrected chi connectivity index (χ4v) is 2.80. The second kappa shape index (κ2) is 7.07. The first-order valence-corrected chi connectivity index (χ1v) is 7.56. The lowest BCUT2D eigenvalue weighted by molar-refractivity contribution is 0.344. The Morgan fingerprint density at radius 2 is 1.85 bits per heavy atom. The Bertz CT molecular complexity index is 589. The first-order chi connectivity index (χ1) is 9.58. The van der Waals surface area contributed by atoms with E-state index in [2.05, 4.69) is 0 Å². The quantitative estimate of drug-likeness (QED) is 0.481. The fourth-order valence-electron chi connectivity index (χ4n) is 1.55. The Morgan fingerprint density at radius 3 is 2.50 bits per heavy atom. The summed E-state index contributed by atoms with van der Waals surface area (Å²) >= 11 is 13.3. The van der Waals surface area contributed by atoms with Gasteiger partial charge in [-0.3, -0.25) is 0 Å². The number of benzene rings is 2. The van der Waals surface area contributed by atoms with Crippen LogP contribution in [0.3, 0.4) is 0 Å². The number of halogens is 3. The number of nitrogen functional groups attached to an aromatic ring is 1. The molecule has 0 aliphatic carbocycles. The number of hydrogen-bond acceptors (Lipinski definition) is 3. The van der Waals surface area contributed by atoms with Crippen molar-refractivity contribution in [3.8, 4) is 5.75 Å². The Kier molecular flexibility index (Phi) is 5.40. The number of ether oxygens (including phenoxy) is 1. The summed E-state index contributed by atoms with van der Waals surface area (Å²) in [5.41, 5.74) is 5.90. The van der Waals surface area contributed by atoms with Gasteiger partial charge < -0.3 is 10.5 Å². The van der Waals surface area contributed by atoms with Crippen LogP contribution in [-0.2, 0) is 0 Å². The van der Waals surface area contributed by atoms with Gasteiger partial charge in [0.2, 0.25) is 0 Å². The molecule has 0 unspecified atom stereocenters. The van der Waals surface area contributed by atoms with Crippen molar-refractivity contribution in [2.45, 2.75) is 4.90 Å². The van der Waals surface area contributed by atoms with Gasteiger partial charge in [-0.15, -0.1) is 11.8 Å². The zero-order chi connectivity index (χ0) is 14.5. The van der Waals surface area contributed by atoms with Crippen molar-refractivity contribution in [3.05, 3.63) is 52.3 Å². The standard InChI is InChI=1S/C14H12Cl2FNOS/c15-10-2-1-3-11(16)14(10)19-6-7-20-13-5-4-9(18)8-12(13)17/h1-5,8H,6-7,18H2. The summed E-state index contributed by atoms with van der Waals surface area (Å²) < 4.78 is 19.1. The normalized spacial score (nSPS) is 10.6. The molecule has 2 rings (SSSR count). The van der Waals surface area contributed by atoms with Crippen molar-refractivity contribution in [1.82, 2.24) is 0 Å². The lowest BCUT2D eigenvalue weighted by Gasteiger charge is -2.09. The molecule has 2 nitrogen and oxygen atoms in total. The van der Waals surface area contributed by atoms with Gasteiger partial charge in [-0.1, -0.05) is 29.3 Å². The van der Waals surface area contributed by atoms with E-state index in [1.165, 1.54) is 17.8 Å². The highest BCUT2D eigenvalue weighted by molar-refractivity contribution is 7.99. The molecular formula is C14H12Cl2FNOS. The van der Waals surface area contributed by atoms with Crippen LogP contribution in [0.5, 0.6) is 5.75 Å². The van der Waals surface area contributed by atoms with Gasteiger partial charge in [-0.25, -0.2) is 4.39 Å². The summed E-state index contributed by atoms with van der Waals surface area (Å²) in [6.45, 7) is 0.373. The Labute approximate surface area is 131 Å². The molecule has 0 fully saturated rings. The monoisotopic (exact) mass is 331 g/mol. The average Bonchev–Trinajstić information content (AvgIpc) is 2.39. The van der Waals surface area contributed by atoms with E-state index in [1.54, 1.807) is 30.3 Å². The largest absolute Gasteiger partial charge is 0.490 e. The molecule has 0 aliphatic heterocycles. The molecule has 0 radical (unpaired) electrons. The van der Waals surface area contributed by atoms with E-state index >= 15 is 0 Å². The molecule has 2 aromatic carbocycles. The molecule has 2 N–H and O–H groups in total. The predicted octanol–water partition coefficient (Wildman–Crippen LogP) is 4.89. The first-order valence-electron chi connectivity index (χ1n) is 5.82. The van der Waals surface area contributed by atoms with Gasteiger partial charge in [-0.05, 0) is 30.3 Å². The van der Waals surface area contributed by atoms with E-state index in [0.717, 1.165) is 0 Å². The van der Waals surface area contributed by atoms with Crippen LogP contribution >= 0.6 is 35.0 Å². The van der Waals surface area contributed by atoms with E-state index in [9.17, 15) is 4.39 Å². The minimum Gasteiger partial charge on any atom is -0.490 e. The molecule has 6 heteroatoms. The molecule has 0 bridgehead atoms. The van der Waals surface area contributed by atoms with E-state index < -0.39 is 0 Å². The lowest BCUT2D eigenvalue weighted by Crippen LogP contribution is -2.01. The highest BCUT2D eigenvalue weighted by atomic mass is 35.5. The summed E-state index contributed by atoms with van der Waals surface area (Å²) in [7, 11) is 0. The molecular weight excluding hydrogens is 320 g/mol. The fraction of sp³-hybridized carbons (Fsp3) is 0.143. The maximum Gasteiger partial charge on any atom is 0.156 e. The Balaban J connectivity index is 1.88. The number of nitrogens with two attached hydrogens (primary N) is 1. The van der Waals surface area contributed by atoms with Crippen LogP contribution < -0.4 is 10.5 Å². The van der Waals surface area contributed by atoms with Gasteiger partial charge in [0, 0.05) is 16.3 Å². The SMILES string of the molecule is Nc1ccc(SCCOc2c(Cl)cccc2Cl)c(F)c1. The molecule has 0 spiro atoms. The topological polar surface area (TPSA) is 35.2 Å². The summed E-state index contributed by atoms with van der Waals surface area (Å²) in [6.07, 6.45) is 0. The van der Waals surface area contributed by atoms with E-state index in [0.29, 0.717) is 38.7 Å². The van der Waals surface area contributed by atoms with Crippen molar-refractivity contribution in [2.24, 2.45) is 0 Å². The van der Waals surface area contributed by atoms with Crippen molar-refractivity contribution < 1.29 is 9.13 Å². The molecule has 0 atom stereocenters. The van der Waals surface area contributed by atoms with E-state index in [-0.39, 0.29) is 5.82 Å². The van der Waals surface area contributed by atoms with E-state index in [4.69, 9.17) is 33.7 Å². The van der Waals surface area contributed by atoms with Crippen LogP contribution in [0.15, 0.2) is 41.3 Å². The third-order valence-corrected chi connectivity index (χ3v) is 4.07. The summed E-state index contributed by atoms with van der Waals surface area (Å²) in [5, 5.41) is 0.919. The summed E-state index contributed by atoms with van der Waals surface area (Å²) in [6, 6.07) is 9.77. The van der Waals surface area contributed by atoms with Gasteiger partial charge in [0.15, 0.2) is 5.75 Å². The molecule has 0 aromatic heterocycles. The van der Waals surface area contributed by atoms with Gasteiger partial charge in [-0.2, -0.15) is 0 Å². The number of hydrogen-bond donors (Lipinski definition) is 1. The molecule has 2 aromatic rings. The summed E-state index contributed by atoms with van der Waals surface area (Å²) in [4.78, 5) is 0.535. The number of rotatable bonds is 5. The third-order valence-electron chi connectivity index (χ3n) is 2.46. The van der Waals surface area contributed by atoms with Crippen molar-refractivity contribution in [3.63, 3.8) is 0 Å². The molecule has 106 valence electrons. The lowest BCUT2D eigenvalue weighted by atomic mass is 10.3. The smallest absolute Gasteiger partial charge is 0.156 e. The second-order valence-electron chi connectivity index (χ2n) is 3.94. The van der Waals surface area contributed by atoms with Crippen molar-refractivity contribution in [2.75, 3.05) is 18.1 Å². The van der Waals surface area contributed by atoms with Crippen LogP contribution in [0.4, 0.5) is 10.1 Å². The minimum atomic E-state index is -0.328. The zero-order valence-corrected chi connectivity index (χ0v) is 12.7. The average molecular weight is 332 g/mol. The second-order valence-corrected chi connectivity index (χ2v) is 5.89. The van der Waals surface area contributed by atoms with Crippen molar-refractivity contribution in [1.29, 1.82) is 0 Å². The van der Waals surface area contributed by atoms with Crippen LogP contribution in [-0.4, -0.2) is 12.4 Å². The molecule has 20 heavy (non-hydrogen) atoms. The zero-order valence-electron chi connectivity index (χ0n) is 10.4. The molecule has 0 heterocycles. The van der Waals surface area contributed by atoms with Crippen molar-refractivity contribution >= 4 is 40.7 Å². The molecule has 0 aliphatic rings. The molecule has 0 saturated heterocycles. The Morgan fingerprint density at radius 1 is 1.15 bits per heavy atom. The van der Waals surface area contributed by atoms with Crippen LogP contribution in [0, 0.1) is 5.82 Å². The number of para-hydroxylation sites is 1. The number of thioether (sulfide) groups is 1. The third kappa shape index (κ3) is 3.95. The van der Waals surface area contributed by atoms with Crippen LogP contribution in [0.25, 0.3) is 0 Å².